The lowest BCUT2D eigenvalue weighted by Crippen LogP contribution is -2.31. The minimum absolute atomic E-state index is 0.161. The van der Waals surface area contributed by atoms with Gasteiger partial charge in [0.1, 0.15) is 0 Å². The topological polar surface area (TPSA) is 29.5 Å². The van der Waals surface area contributed by atoms with Crippen molar-refractivity contribution in [2.45, 2.75) is 38.3 Å². The molecule has 0 saturated carbocycles. The van der Waals surface area contributed by atoms with Crippen molar-refractivity contribution in [3.05, 3.63) is 22.4 Å². The quantitative estimate of drug-likeness (QED) is 0.804. The first-order chi connectivity index (χ1) is 9.68. The molecule has 20 heavy (non-hydrogen) atoms. The lowest BCUT2D eigenvalue weighted by atomic mass is 10.1. The molecule has 2 heterocycles. The zero-order chi connectivity index (χ0) is 14.4. The summed E-state index contributed by atoms with van der Waals surface area (Å²) in [6.45, 7) is 2.97. The first kappa shape index (κ1) is 15.9. The molecule has 1 fully saturated rings. The van der Waals surface area contributed by atoms with Crippen molar-refractivity contribution in [2.24, 2.45) is 0 Å². The Bertz CT molecular complexity index is 402. The Hall–Kier alpha value is -0.520. The van der Waals surface area contributed by atoms with E-state index in [1.807, 2.05) is 18.0 Å². The van der Waals surface area contributed by atoms with Gasteiger partial charge in [0.2, 0.25) is 5.91 Å². The number of ether oxygens (including phenoxy) is 1. The second-order valence-corrected chi connectivity index (χ2v) is 7.21. The molecule has 3 nitrogen and oxygen atoms in total. The molecule has 1 saturated heterocycles. The van der Waals surface area contributed by atoms with E-state index in [0.29, 0.717) is 11.9 Å². The fourth-order valence-corrected chi connectivity index (χ4v) is 4.10. The van der Waals surface area contributed by atoms with Crippen LogP contribution in [0.4, 0.5) is 0 Å². The monoisotopic (exact) mass is 313 g/mol. The van der Waals surface area contributed by atoms with Gasteiger partial charge in [0, 0.05) is 24.3 Å². The largest absolute Gasteiger partial charge is 0.377 e. The van der Waals surface area contributed by atoms with Crippen molar-refractivity contribution >= 4 is 29.0 Å². The zero-order valence-electron chi connectivity index (χ0n) is 12.2. The van der Waals surface area contributed by atoms with Crippen molar-refractivity contribution in [3.63, 3.8) is 0 Å². The lowest BCUT2D eigenvalue weighted by Gasteiger charge is -2.25. The highest BCUT2D eigenvalue weighted by Crippen LogP contribution is 2.24. The summed E-state index contributed by atoms with van der Waals surface area (Å²) in [5.41, 5.74) is 0. The van der Waals surface area contributed by atoms with Crippen LogP contribution in [0.2, 0.25) is 0 Å². The summed E-state index contributed by atoms with van der Waals surface area (Å²) in [5, 5.41) is 2.05. The van der Waals surface area contributed by atoms with E-state index in [4.69, 9.17) is 4.74 Å². The third-order valence-corrected chi connectivity index (χ3v) is 5.83. The summed E-state index contributed by atoms with van der Waals surface area (Å²) in [4.78, 5) is 15.3. The number of hydrogen-bond donors (Lipinski definition) is 0. The minimum atomic E-state index is 0.161. The van der Waals surface area contributed by atoms with Crippen LogP contribution < -0.4 is 0 Å². The molecular formula is C15H23NO2S2. The van der Waals surface area contributed by atoms with Gasteiger partial charge >= 0.3 is 0 Å². The van der Waals surface area contributed by atoms with Crippen LogP contribution in [-0.2, 0) is 9.53 Å². The fourth-order valence-electron chi connectivity index (χ4n) is 2.25. The molecule has 0 spiro atoms. The molecule has 0 bridgehead atoms. The van der Waals surface area contributed by atoms with Crippen LogP contribution in [0.25, 0.3) is 0 Å². The minimum Gasteiger partial charge on any atom is -0.377 e. The molecular weight excluding hydrogens is 290 g/mol. The summed E-state index contributed by atoms with van der Waals surface area (Å²) >= 11 is 3.40. The molecule has 0 aromatic carbocycles. The van der Waals surface area contributed by atoms with E-state index in [1.165, 1.54) is 17.7 Å². The fraction of sp³-hybridized carbons (Fsp3) is 0.667. The van der Waals surface area contributed by atoms with Crippen molar-refractivity contribution in [2.75, 3.05) is 25.2 Å². The first-order valence-corrected chi connectivity index (χ1v) is 9.20. The standard InChI is InChI=1S/C15H23NO2S2/c1-12(14-7-5-9-20-14)16(2)15(17)11-19-10-13-6-3-4-8-18-13/h5,7,9,12-13H,3-4,6,8,10-11H2,1-2H3. The van der Waals surface area contributed by atoms with Crippen LogP contribution in [0.15, 0.2) is 17.5 Å². The molecule has 112 valence electrons. The lowest BCUT2D eigenvalue weighted by molar-refractivity contribution is -0.128. The van der Waals surface area contributed by atoms with Gasteiger partial charge in [-0.1, -0.05) is 6.07 Å². The Kier molecular flexibility index (Phi) is 6.39. The maximum atomic E-state index is 12.2. The number of rotatable bonds is 6. The van der Waals surface area contributed by atoms with E-state index in [0.717, 1.165) is 18.8 Å². The Morgan fingerprint density at radius 3 is 3.10 bits per heavy atom. The highest BCUT2D eigenvalue weighted by Gasteiger charge is 2.19. The number of nitrogens with zero attached hydrogens (tertiary/aromatic N) is 1. The highest BCUT2D eigenvalue weighted by molar-refractivity contribution is 7.99. The van der Waals surface area contributed by atoms with Gasteiger partial charge in [-0.25, -0.2) is 0 Å². The molecule has 1 aromatic heterocycles. The predicted molar refractivity (Wildman–Crippen MR) is 86.4 cm³/mol. The smallest absolute Gasteiger partial charge is 0.232 e. The Morgan fingerprint density at radius 1 is 1.60 bits per heavy atom. The van der Waals surface area contributed by atoms with Gasteiger partial charge in [-0.15, -0.1) is 23.1 Å². The van der Waals surface area contributed by atoms with Crippen molar-refractivity contribution < 1.29 is 9.53 Å². The molecule has 1 amide bonds. The Labute approximate surface area is 129 Å². The van der Waals surface area contributed by atoms with E-state index in [1.54, 1.807) is 23.1 Å². The van der Waals surface area contributed by atoms with Gasteiger partial charge in [-0.05, 0) is 37.6 Å². The summed E-state index contributed by atoms with van der Waals surface area (Å²) in [5.74, 6) is 1.69. The van der Waals surface area contributed by atoms with Gasteiger partial charge in [0.15, 0.2) is 0 Å². The highest BCUT2D eigenvalue weighted by atomic mass is 32.2. The number of thioether (sulfide) groups is 1. The van der Waals surface area contributed by atoms with Crippen LogP contribution in [0.1, 0.15) is 37.1 Å². The second-order valence-electron chi connectivity index (χ2n) is 5.20. The van der Waals surface area contributed by atoms with Gasteiger partial charge in [-0.2, -0.15) is 0 Å². The van der Waals surface area contributed by atoms with Crippen LogP contribution in [0, 0.1) is 0 Å². The molecule has 0 N–H and O–H groups in total. The molecule has 1 aliphatic heterocycles. The number of carbonyl (C=O) groups excluding carboxylic acids is 1. The van der Waals surface area contributed by atoms with Crippen molar-refractivity contribution in [3.8, 4) is 0 Å². The van der Waals surface area contributed by atoms with E-state index in [9.17, 15) is 4.79 Å². The molecule has 1 aromatic rings. The van der Waals surface area contributed by atoms with Crippen LogP contribution in [0.3, 0.4) is 0 Å². The van der Waals surface area contributed by atoms with Crippen molar-refractivity contribution in [1.82, 2.24) is 4.90 Å². The Morgan fingerprint density at radius 2 is 2.45 bits per heavy atom. The maximum Gasteiger partial charge on any atom is 0.232 e. The molecule has 1 aliphatic rings. The average molecular weight is 313 g/mol. The molecule has 2 atom stereocenters. The number of amides is 1. The van der Waals surface area contributed by atoms with E-state index < -0.39 is 0 Å². The van der Waals surface area contributed by atoms with E-state index >= 15 is 0 Å². The predicted octanol–water partition coefficient (Wildman–Crippen LogP) is 3.57. The van der Waals surface area contributed by atoms with Gasteiger partial charge in [-0.3, -0.25) is 4.79 Å². The Balaban J connectivity index is 1.71. The number of hydrogen-bond acceptors (Lipinski definition) is 4. The average Bonchev–Trinajstić information content (AvgIpc) is 3.01. The number of thiophene rings is 1. The number of carbonyl (C=O) groups is 1. The zero-order valence-corrected chi connectivity index (χ0v) is 13.8. The van der Waals surface area contributed by atoms with E-state index in [-0.39, 0.29) is 11.9 Å². The maximum absolute atomic E-state index is 12.2. The third-order valence-electron chi connectivity index (χ3n) is 3.73. The summed E-state index contributed by atoms with van der Waals surface area (Å²) in [6.07, 6.45) is 3.93. The first-order valence-electron chi connectivity index (χ1n) is 7.17. The van der Waals surface area contributed by atoms with Crippen LogP contribution in [0.5, 0.6) is 0 Å². The third kappa shape index (κ3) is 4.50. The molecule has 2 unspecified atom stereocenters. The van der Waals surface area contributed by atoms with Gasteiger partial charge < -0.3 is 9.64 Å². The second kappa shape index (κ2) is 8.05. The summed E-state index contributed by atoms with van der Waals surface area (Å²) in [6, 6.07) is 4.28. The molecule has 0 radical (unpaired) electrons. The van der Waals surface area contributed by atoms with E-state index in [2.05, 4.69) is 18.4 Å². The summed E-state index contributed by atoms with van der Waals surface area (Å²) < 4.78 is 5.68. The normalized spacial score (nSPS) is 20.6. The van der Waals surface area contributed by atoms with Crippen LogP contribution in [-0.4, -0.2) is 42.1 Å². The molecule has 0 aliphatic carbocycles. The van der Waals surface area contributed by atoms with Gasteiger partial charge in [0.25, 0.3) is 0 Å². The summed E-state index contributed by atoms with van der Waals surface area (Å²) in [7, 11) is 1.89. The molecule has 5 heteroatoms. The SMILES string of the molecule is CC(c1cccs1)N(C)C(=O)CSCC1CCCCO1. The van der Waals surface area contributed by atoms with Gasteiger partial charge in [0.05, 0.1) is 17.9 Å². The van der Waals surface area contributed by atoms with Crippen LogP contribution >= 0.6 is 23.1 Å². The van der Waals surface area contributed by atoms with Crippen molar-refractivity contribution in [1.29, 1.82) is 0 Å². The molecule has 2 rings (SSSR count).